The van der Waals surface area contributed by atoms with E-state index in [-0.39, 0.29) is 18.0 Å². The van der Waals surface area contributed by atoms with Crippen LogP contribution >= 0.6 is 0 Å². The van der Waals surface area contributed by atoms with Gasteiger partial charge in [-0.15, -0.1) is 0 Å². The number of hydrogen-bond donors (Lipinski definition) is 1. The first-order valence-corrected chi connectivity index (χ1v) is 8.24. The molecule has 136 valence electrons. The number of carbonyl (C=O) groups excluding carboxylic acids is 3. The summed E-state index contributed by atoms with van der Waals surface area (Å²) in [7, 11) is 0. The first-order chi connectivity index (χ1) is 13.1. The molecular formula is C19H14FN3O4. The van der Waals surface area contributed by atoms with E-state index in [9.17, 15) is 18.8 Å². The molecule has 4 rings (SSSR count). The van der Waals surface area contributed by atoms with Crippen LogP contribution < -0.4 is 10.3 Å². The number of hydrazone groups is 1. The first kappa shape index (κ1) is 16.9. The van der Waals surface area contributed by atoms with Crippen LogP contribution in [-0.4, -0.2) is 29.5 Å². The average molecular weight is 367 g/mol. The summed E-state index contributed by atoms with van der Waals surface area (Å²) in [4.78, 5) is 38.6. The van der Waals surface area contributed by atoms with Gasteiger partial charge in [-0.2, -0.15) is 5.10 Å². The molecule has 2 aromatic rings. The maximum absolute atomic E-state index is 13.1. The molecule has 1 fully saturated rings. The minimum atomic E-state index is -1.06. The van der Waals surface area contributed by atoms with Gasteiger partial charge in [0.2, 0.25) is 5.91 Å². The van der Waals surface area contributed by atoms with Crippen molar-refractivity contribution in [3.8, 4) is 0 Å². The van der Waals surface area contributed by atoms with Crippen LogP contribution in [0.4, 0.5) is 10.1 Å². The highest BCUT2D eigenvalue weighted by atomic mass is 19.1. The predicted molar refractivity (Wildman–Crippen MR) is 93.0 cm³/mol. The second-order valence-electron chi connectivity index (χ2n) is 6.13. The normalized spacial score (nSPS) is 20.9. The molecular weight excluding hydrogens is 353 g/mol. The van der Waals surface area contributed by atoms with Crippen LogP contribution in [0, 0.1) is 11.7 Å². The number of hydrogen-bond acceptors (Lipinski definition) is 6. The van der Waals surface area contributed by atoms with Gasteiger partial charge in [0.1, 0.15) is 24.4 Å². The topological polar surface area (TPSA) is 88.1 Å². The van der Waals surface area contributed by atoms with Gasteiger partial charge in [0.25, 0.3) is 5.91 Å². The highest BCUT2D eigenvalue weighted by molar-refractivity contribution is 6.46. The molecule has 2 aromatic carbocycles. The molecule has 2 unspecified atom stereocenters. The Labute approximate surface area is 153 Å². The van der Waals surface area contributed by atoms with Crippen molar-refractivity contribution in [2.45, 2.75) is 12.6 Å². The monoisotopic (exact) mass is 367 g/mol. The van der Waals surface area contributed by atoms with E-state index in [2.05, 4.69) is 10.5 Å². The minimum Gasteiger partial charge on any atom is -0.456 e. The van der Waals surface area contributed by atoms with Gasteiger partial charge >= 0.3 is 5.97 Å². The van der Waals surface area contributed by atoms with E-state index in [0.717, 1.165) is 22.6 Å². The molecule has 0 aliphatic carbocycles. The van der Waals surface area contributed by atoms with Crippen LogP contribution in [0.1, 0.15) is 5.56 Å². The maximum atomic E-state index is 13.1. The number of esters is 1. The molecule has 0 spiro atoms. The van der Waals surface area contributed by atoms with Crippen molar-refractivity contribution >= 4 is 29.2 Å². The van der Waals surface area contributed by atoms with Gasteiger partial charge < -0.3 is 4.74 Å². The van der Waals surface area contributed by atoms with E-state index in [0.29, 0.717) is 0 Å². The van der Waals surface area contributed by atoms with Crippen LogP contribution in [0.15, 0.2) is 59.7 Å². The van der Waals surface area contributed by atoms with E-state index in [1.54, 1.807) is 12.1 Å². The zero-order chi connectivity index (χ0) is 19.0. The lowest BCUT2D eigenvalue weighted by molar-refractivity contribution is -0.137. The van der Waals surface area contributed by atoms with Gasteiger partial charge in [-0.05, 0) is 29.8 Å². The first-order valence-electron chi connectivity index (χ1n) is 8.24. The Balaban J connectivity index is 1.51. The number of nitrogens with zero attached hydrogens (tertiary/aromatic N) is 2. The van der Waals surface area contributed by atoms with E-state index in [4.69, 9.17) is 4.74 Å². The van der Waals surface area contributed by atoms with Gasteiger partial charge in [-0.1, -0.05) is 30.3 Å². The molecule has 0 saturated carbocycles. The molecule has 2 aliphatic heterocycles. The number of carbonyl (C=O) groups is 3. The summed E-state index contributed by atoms with van der Waals surface area (Å²) in [6.45, 7) is 0.0277. The number of benzene rings is 2. The van der Waals surface area contributed by atoms with Crippen LogP contribution in [0.5, 0.6) is 0 Å². The number of anilines is 1. The summed E-state index contributed by atoms with van der Waals surface area (Å²) >= 11 is 0. The quantitative estimate of drug-likeness (QED) is 0.652. The van der Waals surface area contributed by atoms with Crippen LogP contribution in [0.25, 0.3) is 0 Å². The molecule has 2 amide bonds. The lowest BCUT2D eigenvalue weighted by Crippen LogP contribution is -2.36. The highest BCUT2D eigenvalue weighted by Crippen LogP contribution is 2.31. The zero-order valence-corrected chi connectivity index (χ0v) is 14.0. The van der Waals surface area contributed by atoms with Gasteiger partial charge in [0, 0.05) is 0 Å². The SMILES string of the molecule is O=C(OCc1ccccc1)C1=NNC2C(=O)N(c3ccc(F)cc3)C(=O)C12. The third-order valence-electron chi connectivity index (χ3n) is 4.43. The number of fused-ring (bicyclic) bond motifs is 1. The standard InChI is InChI=1S/C19H14FN3O4/c20-12-6-8-13(9-7-12)23-17(24)14-15(18(23)25)21-22-16(14)19(26)27-10-11-4-2-1-3-5-11/h1-9,14-15,21H,10H2. The molecule has 8 heteroatoms. The molecule has 2 aliphatic rings. The van der Waals surface area contributed by atoms with Gasteiger partial charge in [0.15, 0.2) is 5.71 Å². The number of nitrogens with one attached hydrogen (secondary N) is 1. The largest absolute Gasteiger partial charge is 0.456 e. The Morgan fingerprint density at radius 1 is 1.07 bits per heavy atom. The van der Waals surface area contributed by atoms with Crippen molar-refractivity contribution in [1.82, 2.24) is 5.43 Å². The summed E-state index contributed by atoms with van der Waals surface area (Å²) in [6, 6.07) is 13.1. The van der Waals surface area contributed by atoms with Crippen LogP contribution in [-0.2, 0) is 25.7 Å². The molecule has 27 heavy (non-hydrogen) atoms. The molecule has 7 nitrogen and oxygen atoms in total. The third kappa shape index (κ3) is 2.95. The van der Waals surface area contributed by atoms with E-state index >= 15 is 0 Å². The smallest absolute Gasteiger partial charge is 0.355 e. The minimum absolute atomic E-state index is 0.0277. The van der Waals surface area contributed by atoms with E-state index < -0.39 is 35.6 Å². The van der Waals surface area contributed by atoms with Crippen LogP contribution in [0.2, 0.25) is 0 Å². The molecule has 2 atom stereocenters. The van der Waals surface area contributed by atoms with E-state index in [1.165, 1.54) is 12.1 Å². The number of amides is 2. The fourth-order valence-corrected chi connectivity index (χ4v) is 3.10. The summed E-state index contributed by atoms with van der Waals surface area (Å²) in [6.07, 6.45) is 0. The number of halogens is 1. The fourth-order valence-electron chi connectivity index (χ4n) is 3.10. The summed E-state index contributed by atoms with van der Waals surface area (Å²) in [5.74, 6) is -3.46. The Morgan fingerprint density at radius 2 is 1.78 bits per heavy atom. The lowest BCUT2D eigenvalue weighted by Gasteiger charge is -2.15. The third-order valence-corrected chi connectivity index (χ3v) is 4.43. The Bertz CT molecular complexity index is 943. The molecule has 1 saturated heterocycles. The van der Waals surface area contributed by atoms with E-state index in [1.807, 2.05) is 18.2 Å². The molecule has 2 heterocycles. The predicted octanol–water partition coefficient (Wildman–Crippen LogP) is 1.39. The van der Waals surface area contributed by atoms with Gasteiger partial charge in [-0.3, -0.25) is 15.0 Å². The van der Waals surface area contributed by atoms with Crippen molar-refractivity contribution in [1.29, 1.82) is 0 Å². The average Bonchev–Trinajstić information content (AvgIpc) is 3.22. The van der Waals surface area contributed by atoms with Gasteiger partial charge in [0.05, 0.1) is 5.69 Å². The molecule has 0 aromatic heterocycles. The Morgan fingerprint density at radius 3 is 2.48 bits per heavy atom. The fraction of sp³-hybridized carbons (Fsp3) is 0.158. The van der Waals surface area contributed by atoms with Crippen molar-refractivity contribution in [3.63, 3.8) is 0 Å². The summed E-state index contributed by atoms with van der Waals surface area (Å²) < 4.78 is 18.3. The number of rotatable bonds is 4. The van der Waals surface area contributed by atoms with Crippen molar-refractivity contribution in [3.05, 3.63) is 66.0 Å². The molecule has 1 N–H and O–H groups in total. The highest BCUT2D eigenvalue weighted by Gasteiger charge is 2.55. The van der Waals surface area contributed by atoms with Crippen molar-refractivity contribution < 1.29 is 23.5 Å². The zero-order valence-electron chi connectivity index (χ0n) is 14.0. The van der Waals surface area contributed by atoms with Crippen molar-refractivity contribution in [2.24, 2.45) is 11.0 Å². The van der Waals surface area contributed by atoms with Crippen LogP contribution in [0.3, 0.4) is 0 Å². The lowest BCUT2D eigenvalue weighted by atomic mass is 9.99. The Kier molecular flexibility index (Phi) is 4.15. The summed E-state index contributed by atoms with van der Waals surface area (Å²) in [5, 5.41) is 3.84. The molecule has 0 bridgehead atoms. The van der Waals surface area contributed by atoms with Gasteiger partial charge in [-0.25, -0.2) is 14.1 Å². The second-order valence-corrected chi connectivity index (χ2v) is 6.13. The molecule has 0 radical (unpaired) electrons. The van der Waals surface area contributed by atoms with Crippen molar-refractivity contribution in [2.75, 3.05) is 4.90 Å². The summed E-state index contributed by atoms with van der Waals surface area (Å²) in [5.41, 5.74) is 3.42. The Hall–Kier alpha value is -3.55. The second kappa shape index (κ2) is 6.64. The number of imide groups is 1. The number of ether oxygens (including phenoxy) is 1. The maximum Gasteiger partial charge on any atom is 0.355 e.